The van der Waals surface area contributed by atoms with Crippen LogP contribution in [0, 0.1) is 20.8 Å². The standard InChI is InChI=1S/C31H25N.C26H20.C11H12.2C2H6/c1-23-14-16-24(17-15-23)26-10-8-11-27(21-26)28-19-18-25-9-4-2-3-7-20-32-31-13-6-5-12-29(31)30(25)22-28;1-19-16-17-23-22-14-8-9-15-24(22)26(25(23)18-19,20-10-4-2-5-11-20)21-12-6-3-7-13-21;1-9-6-7-10-4-2-3-5-11(10)8-9;2*1-2/h2-22,32H,1H3;2-18H,1H3;3,5-8H,2,4H2,1H3;2*1-2H3/b3-2-,9-4-,20-7+;;;;. The Kier molecular flexibility index (Phi) is 17.3. The predicted octanol–water partition coefficient (Wildman–Crippen LogP) is 19.9. The second-order valence-electron chi connectivity index (χ2n) is 18.3. The summed E-state index contributed by atoms with van der Waals surface area (Å²) in [5, 5.41) is 3.44. The molecule has 0 saturated heterocycles. The molecule has 2 aliphatic carbocycles. The van der Waals surface area contributed by atoms with Crippen LogP contribution in [-0.4, -0.2) is 0 Å². The van der Waals surface area contributed by atoms with Gasteiger partial charge >= 0.3 is 0 Å². The van der Waals surface area contributed by atoms with Gasteiger partial charge in [0.1, 0.15) is 0 Å². The largest absolute Gasteiger partial charge is 0.361 e. The van der Waals surface area contributed by atoms with Crippen LogP contribution in [-0.2, 0) is 11.8 Å². The van der Waals surface area contributed by atoms with Crippen LogP contribution < -0.4 is 5.32 Å². The maximum absolute atomic E-state index is 3.44. The molecule has 9 aromatic carbocycles. The third-order valence-electron chi connectivity index (χ3n) is 13.6. The lowest BCUT2D eigenvalue weighted by Gasteiger charge is -2.34. The van der Waals surface area contributed by atoms with E-state index in [0.717, 1.165) is 5.69 Å². The highest BCUT2D eigenvalue weighted by Gasteiger charge is 2.45. The van der Waals surface area contributed by atoms with Crippen molar-refractivity contribution in [2.75, 3.05) is 5.32 Å². The molecule has 1 heteroatoms. The zero-order chi connectivity index (χ0) is 51.0. The summed E-state index contributed by atoms with van der Waals surface area (Å²) in [4.78, 5) is 0. The molecule has 1 heterocycles. The van der Waals surface area contributed by atoms with Gasteiger partial charge in [-0.1, -0.05) is 275 Å². The van der Waals surface area contributed by atoms with Crippen LogP contribution in [0.25, 0.3) is 56.7 Å². The van der Waals surface area contributed by atoms with Crippen molar-refractivity contribution in [2.45, 2.75) is 66.7 Å². The fourth-order valence-corrected chi connectivity index (χ4v) is 10.2. The van der Waals surface area contributed by atoms with E-state index in [0.29, 0.717) is 0 Å². The van der Waals surface area contributed by atoms with E-state index in [1.807, 2.05) is 46.0 Å². The van der Waals surface area contributed by atoms with Gasteiger partial charge in [-0.15, -0.1) is 0 Å². The van der Waals surface area contributed by atoms with Gasteiger partial charge in [0.15, 0.2) is 0 Å². The fraction of sp³-hybridized carbons (Fsp3) is 0.139. The Balaban J connectivity index is 0.000000154. The van der Waals surface area contributed by atoms with E-state index >= 15 is 0 Å². The Morgan fingerprint density at radius 3 is 1.68 bits per heavy atom. The first-order valence-corrected chi connectivity index (χ1v) is 26.2. The Bertz CT molecular complexity index is 3320. The van der Waals surface area contributed by atoms with Crippen molar-refractivity contribution < 1.29 is 0 Å². The molecule has 0 atom stereocenters. The summed E-state index contributed by atoms with van der Waals surface area (Å²) in [5.41, 5.74) is 24.3. The van der Waals surface area contributed by atoms with E-state index in [1.165, 1.54) is 113 Å². The second kappa shape index (κ2) is 24.7. The highest BCUT2D eigenvalue weighted by Crippen LogP contribution is 2.56. The molecule has 1 N–H and O–H groups in total. The lowest BCUT2D eigenvalue weighted by atomic mass is 9.67. The van der Waals surface area contributed by atoms with Gasteiger partial charge in [-0.25, -0.2) is 0 Å². The van der Waals surface area contributed by atoms with Crippen LogP contribution in [0.5, 0.6) is 0 Å². The molecular formula is C72H69N. The quantitative estimate of drug-likeness (QED) is 0.185. The van der Waals surface area contributed by atoms with Crippen molar-refractivity contribution in [3.8, 4) is 44.5 Å². The lowest BCUT2D eigenvalue weighted by Crippen LogP contribution is -2.28. The topological polar surface area (TPSA) is 12.0 Å². The predicted molar refractivity (Wildman–Crippen MR) is 318 cm³/mol. The number of hydrogen-bond donors (Lipinski definition) is 1. The number of rotatable bonds is 4. The molecule has 0 fully saturated rings. The van der Waals surface area contributed by atoms with Gasteiger partial charge in [-0.05, 0) is 136 Å². The van der Waals surface area contributed by atoms with E-state index in [9.17, 15) is 0 Å². The maximum atomic E-state index is 3.44. The van der Waals surface area contributed by atoms with Crippen molar-refractivity contribution in [3.63, 3.8) is 0 Å². The minimum absolute atomic E-state index is 0.263. The van der Waals surface area contributed by atoms with Crippen LogP contribution in [0.2, 0.25) is 0 Å². The Hall–Kier alpha value is -8.26. The molecule has 0 spiro atoms. The van der Waals surface area contributed by atoms with Crippen LogP contribution >= 0.6 is 0 Å². The molecule has 0 bridgehead atoms. The minimum Gasteiger partial charge on any atom is -0.361 e. The normalized spacial score (nSPS) is 14.1. The number of anilines is 1. The third kappa shape index (κ3) is 11.4. The number of hydrogen-bond acceptors (Lipinski definition) is 1. The van der Waals surface area contributed by atoms with Crippen molar-refractivity contribution in [2.24, 2.45) is 0 Å². The van der Waals surface area contributed by atoms with Gasteiger partial charge in [0, 0.05) is 17.5 Å². The van der Waals surface area contributed by atoms with E-state index < -0.39 is 0 Å². The van der Waals surface area contributed by atoms with Gasteiger partial charge in [0.25, 0.3) is 0 Å². The Morgan fingerprint density at radius 1 is 0.370 bits per heavy atom. The molecule has 0 aromatic heterocycles. The molecule has 3 aliphatic rings. The molecular weight excluding hydrogens is 879 g/mol. The number of fused-ring (bicyclic) bond motifs is 7. The van der Waals surface area contributed by atoms with E-state index in [2.05, 4.69) is 269 Å². The van der Waals surface area contributed by atoms with Crippen molar-refractivity contribution in [1.29, 1.82) is 0 Å². The summed E-state index contributed by atoms with van der Waals surface area (Å²) in [7, 11) is 0. The smallest absolute Gasteiger partial charge is 0.0713 e. The van der Waals surface area contributed by atoms with E-state index in [1.54, 1.807) is 0 Å². The highest BCUT2D eigenvalue weighted by molar-refractivity contribution is 5.89. The monoisotopic (exact) mass is 948 g/mol. The number of nitrogens with one attached hydrogen (secondary N) is 1. The number of benzene rings is 9. The average Bonchev–Trinajstić information content (AvgIpc) is 3.74. The van der Waals surface area contributed by atoms with Gasteiger partial charge in [0.2, 0.25) is 0 Å². The summed E-state index contributed by atoms with van der Waals surface area (Å²) in [6.07, 6.45) is 19.2. The number of para-hydroxylation sites is 1. The first-order chi connectivity index (χ1) is 36.0. The highest BCUT2D eigenvalue weighted by atomic mass is 14.8. The maximum Gasteiger partial charge on any atom is 0.0713 e. The molecule has 0 saturated carbocycles. The van der Waals surface area contributed by atoms with Gasteiger partial charge in [-0.2, -0.15) is 0 Å². The molecule has 12 rings (SSSR count). The van der Waals surface area contributed by atoms with Crippen LogP contribution in [0.3, 0.4) is 0 Å². The Labute approximate surface area is 436 Å². The SMILES string of the molecule is CC.CC.Cc1ccc(-c2cccc(-c3ccc4c(c3)-c3ccccc3N/C=C/C=C\C=C/4)c2)cc1.Cc1ccc2c(c1)C(c1ccccc1)(c1ccccc1)c1ccccc1-2.Cc1ccc2c(c1)C=CCC2. The van der Waals surface area contributed by atoms with Crippen LogP contribution in [0.1, 0.15) is 89.8 Å². The lowest BCUT2D eigenvalue weighted by molar-refractivity contribution is 0.767. The van der Waals surface area contributed by atoms with Crippen LogP contribution in [0.4, 0.5) is 5.69 Å². The first-order valence-electron chi connectivity index (χ1n) is 26.2. The summed E-state index contributed by atoms with van der Waals surface area (Å²) in [5.74, 6) is 0. The molecule has 0 radical (unpaired) electrons. The zero-order valence-corrected chi connectivity index (χ0v) is 43.7. The van der Waals surface area contributed by atoms with Crippen molar-refractivity contribution >= 4 is 17.8 Å². The molecule has 362 valence electrons. The van der Waals surface area contributed by atoms with E-state index in [-0.39, 0.29) is 5.41 Å². The van der Waals surface area contributed by atoms with Gasteiger partial charge in [-0.3, -0.25) is 0 Å². The van der Waals surface area contributed by atoms with Crippen molar-refractivity contribution in [3.05, 3.63) is 305 Å². The average molecular weight is 948 g/mol. The summed E-state index contributed by atoms with van der Waals surface area (Å²) < 4.78 is 0. The first kappa shape index (κ1) is 51.1. The third-order valence-corrected chi connectivity index (χ3v) is 13.6. The molecule has 0 unspecified atom stereocenters. The van der Waals surface area contributed by atoms with Crippen LogP contribution in [0.15, 0.2) is 249 Å². The summed E-state index contributed by atoms with van der Waals surface area (Å²) in [6, 6.07) is 77.0. The molecule has 1 aliphatic heterocycles. The van der Waals surface area contributed by atoms with Crippen molar-refractivity contribution in [1.82, 2.24) is 0 Å². The Morgan fingerprint density at radius 2 is 0.945 bits per heavy atom. The number of aryl methyl sites for hydroxylation is 4. The minimum atomic E-state index is -0.263. The molecule has 73 heavy (non-hydrogen) atoms. The van der Waals surface area contributed by atoms with E-state index in [4.69, 9.17) is 0 Å². The molecule has 1 nitrogen and oxygen atoms in total. The van der Waals surface area contributed by atoms with Gasteiger partial charge < -0.3 is 5.32 Å². The summed E-state index contributed by atoms with van der Waals surface area (Å²) >= 11 is 0. The fourth-order valence-electron chi connectivity index (χ4n) is 10.2. The molecule has 0 amide bonds. The second-order valence-corrected chi connectivity index (χ2v) is 18.3. The summed E-state index contributed by atoms with van der Waals surface area (Å²) in [6.45, 7) is 14.4. The molecule has 9 aromatic rings. The van der Waals surface area contributed by atoms with Gasteiger partial charge in [0.05, 0.1) is 5.41 Å². The number of allylic oxidation sites excluding steroid dienone is 5. The zero-order valence-electron chi connectivity index (χ0n) is 43.7.